The van der Waals surface area contributed by atoms with Gasteiger partial charge < -0.3 is 10.4 Å². The summed E-state index contributed by atoms with van der Waals surface area (Å²) < 4.78 is 0. The summed E-state index contributed by atoms with van der Waals surface area (Å²) in [5.41, 5.74) is 1.24. The lowest BCUT2D eigenvalue weighted by molar-refractivity contribution is 0.0922. The van der Waals surface area contributed by atoms with Crippen LogP contribution in [0.2, 0.25) is 5.15 Å². The van der Waals surface area contributed by atoms with E-state index >= 15 is 0 Å². The average Bonchev–Trinajstić information content (AvgIpc) is 2.27. The molecule has 1 rings (SSSR count). The maximum absolute atomic E-state index is 11.8. The first kappa shape index (κ1) is 13.9. The number of hydrogen-bond acceptors (Lipinski definition) is 3. The molecule has 1 aromatic rings. The van der Waals surface area contributed by atoms with E-state index in [1.807, 2.05) is 13.8 Å². The Hall–Kier alpha value is -1.13. The Kier molecular flexibility index (Phi) is 4.90. The number of carbonyl (C=O) groups excluding carboxylic acids is 1. The van der Waals surface area contributed by atoms with E-state index in [9.17, 15) is 4.79 Å². The molecule has 0 fully saturated rings. The standard InChI is InChI=1S/C12H17ClN2O2/c1-7(2)10-4-9(5-11(13)15-10)12(17)14-8(3)6-16/h4-5,7-8,16H,6H2,1-3H3,(H,14,17)/t8-/m1/s1. The smallest absolute Gasteiger partial charge is 0.251 e. The summed E-state index contributed by atoms with van der Waals surface area (Å²) in [6.45, 7) is 5.60. The Morgan fingerprint density at radius 1 is 1.47 bits per heavy atom. The van der Waals surface area contributed by atoms with E-state index in [0.717, 1.165) is 5.69 Å². The molecule has 1 atom stereocenters. The number of aliphatic hydroxyl groups excluding tert-OH is 1. The zero-order chi connectivity index (χ0) is 13.0. The number of amides is 1. The van der Waals surface area contributed by atoms with Crippen LogP contribution in [-0.4, -0.2) is 28.6 Å². The second-order valence-corrected chi connectivity index (χ2v) is 4.70. The number of aliphatic hydroxyl groups is 1. The summed E-state index contributed by atoms with van der Waals surface area (Å²) in [5, 5.41) is 11.8. The average molecular weight is 257 g/mol. The maximum Gasteiger partial charge on any atom is 0.251 e. The van der Waals surface area contributed by atoms with Crippen LogP contribution in [0.1, 0.15) is 42.7 Å². The van der Waals surface area contributed by atoms with Crippen molar-refractivity contribution in [2.75, 3.05) is 6.61 Å². The van der Waals surface area contributed by atoms with Crippen molar-refractivity contribution in [1.82, 2.24) is 10.3 Å². The van der Waals surface area contributed by atoms with Crippen LogP contribution in [0.3, 0.4) is 0 Å². The summed E-state index contributed by atoms with van der Waals surface area (Å²) in [5.74, 6) is -0.0479. The Morgan fingerprint density at radius 3 is 2.65 bits per heavy atom. The molecule has 4 nitrogen and oxygen atoms in total. The van der Waals surface area contributed by atoms with E-state index < -0.39 is 0 Å². The molecule has 1 aromatic heterocycles. The summed E-state index contributed by atoms with van der Waals surface area (Å²) in [6, 6.07) is 2.96. The summed E-state index contributed by atoms with van der Waals surface area (Å²) in [7, 11) is 0. The molecule has 0 aliphatic carbocycles. The highest BCUT2D eigenvalue weighted by Crippen LogP contribution is 2.17. The second-order valence-electron chi connectivity index (χ2n) is 4.32. The Balaban J connectivity index is 2.93. The summed E-state index contributed by atoms with van der Waals surface area (Å²) in [4.78, 5) is 16.0. The number of hydrogen-bond donors (Lipinski definition) is 2. The van der Waals surface area contributed by atoms with Crippen molar-refractivity contribution in [3.8, 4) is 0 Å². The van der Waals surface area contributed by atoms with Crippen LogP contribution in [0.5, 0.6) is 0 Å². The monoisotopic (exact) mass is 256 g/mol. The predicted octanol–water partition coefficient (Wildman–Crippen LogP) is 1.97. The fourth-order valence-electron chi connectivity index (χ4n) is 1.30. The molecule has 5 heteroatoms. The van der Waals surface area contributed by atoms with E-state index in [-0.39, 0.29) is 24.5 Å². The number of rotatable bonds is 4. The van der Waals surface area contributed by atoms with Gasteiger partial charge in [-0.3, -0.25) is 4.79 Å². The molecule has 0 spiro atoms. The first-order chi connectivity index (χ1) is 7.93. The summed E-state index contributed by atoms with van der Waals surface area (Å²) in [6.07, 6.45) is 0. The van der Waals surface area contributed by atoms with Crippen LogP contribution >= 0.6 is 11.6 Å². The van der Waals surface area contributed by atoms with Crippen LogP contribution in [0.4, 0.5) is 0 Å². The van der Waals surface area contributed by atoms with E-state index in [2.05, 4.69) is 10.3 Å². The number of nitrogens with one attached hydrogen (secondary N) is 1. The van der Waals surface area contributed by atoms with Gasteiger partial charge in [0.05, 0.1) is 6.61 Å². The molecular formula is C12H17ClN2O2. The largest absolute Gasteiger partial charge is 0.394 e. The van der Waals surface area contributed by atoms with Gasteiger partial charge in [0.25, 0.3) is 5.91 Å². The van der Waals surface area contributed by atoms with Gasteiger partial charge in [-0.15, -0.1) is 0 Å². The number of nitrogens with zero attached hydrogens (tertiary/aromatic N) is 1. The first-order valence-corrected chi connectivity index (χ1v) is 5.91. The molecule has 0 aliphatic rings. The number of halogens is 1. The van der Waals surface area contributed by atoms with Crippen molar-refractivity contribution in [2.45, 2.75) is 32.7 Å². The minimum absolute atomic E-state index is 0.0956. The number of carbonyl (C=O) groups is 1. The Bertz CT molecular complexity index is 407. The summed E-state index contributed by atoms with van der Waals surface area (Å²) >= 11 is 5.87. The molecule has 94 valence electrons. The van der Waals surface area contributed by atoms with Gasteiger partial charge >= 0.3 is 0 Å². The van der Waals surface area contributed by atoms with Crippen molar-refractivity contribution in [3.05, 3.63) is 28.5 Å². The molecule has 0 radical (unpaired) electrons. The number of pyridine rings is 1. The lowest BCUT2D eigenvalue weighted by Gasteiger charge is -2.12. The molecule has 0 saturated carbocycles. The minimum atomic E-state index is -0.281. The van der Waals surface area contributed by atoms with Crippen molar-refractivity contribution in [2.24, 2.45) is 0 Å². The SMILES string of the molecule is CC(C)c1cc(C(=O)N[C@H](C)CO)cc(Cl)n1. The molecule has 0 aliphatic heterocycles. The van der Waals surface area contributed by atoms with Gasteiger partial charge in [0.15, 0.2) is 0 Å². The number of aromatic nitrogens is 1. The van der Waals surface area contributed by atoms with Crippen molar-refractivity contribution >= 4 is 17.5 Å². The third-order valence-electron chi connectivity index (χ3n) is 2.32. The fourth-order valence-corrected chi connectivity index (χ4v) is 1.51. The predicted molar refractivity (Wildman–Crippen MR) is 67.4 cm³/mol. The molecule has 0 bridgehead atoms. The van der Waals surface area contributed by atoms with Gasteiger partial charge in [0.1, 0.15) is 5.15 Å². The van der Waals surface area contributed by atoms with Gasteiger partial charge in [-0.1, -0.05) is 25.4 Å². The molecule has 0 unspecified atom stereocenters. The molecule has 2 N–H and O–H groups in total. The van der Waals surface area contributed by atoms with E-state index in [1.54, 1.807) is 13.0 Å². The highest BCUT2D eigenvalue weighted by atomic mass is 35.5. The third kappa shape index (κ3) is 3.98. The first-order valence-electron chi connectivity index (χ1n) is 5.53. The highest BCUT2D eigenvalue weighted by Gasteiger charge is 2.12. The third-order valence-corrected chi connectivity index (χ3v) is 2.51. The van der Waals surface area contributed by atoms with E-state index in [0.29, 0.717) is 10.7 Å². The van der Waals surface area contributed by atoms with Crippen LogP contribution in [0.15, 0.2) is 12.1 Å². The van der Waals surface area contributed by atoms with Gasteiger partial charge in [-0.2, -0.15) is 0 Å². The zero-order valence-corrected chi connectivity index (χ0v) is 11.0. The lowest BCUT2D eigenvalue weighted by atomic mass is 10.1. The van der Waals surface area contributed by atoms with Gasteiger partial charge in [0.2, 0.25) is 0 Å². The second kappa shape index (κ2) is 5.98. The van der Waals surface area contributed by atoms with Crippen LogP contribution in [0.25, 0.3) is 0 Å². The van der Waals surface area contributed by atoms with Crippen LogP contribution in [-0.2, 0) is 0 Å². The normalized spacial score (nSPS) is 12.6. The highest BCUT2D eigenvalue weighted by molar-refractivity contribution is 6.29. The topological polar surface area (TPSA) is 62.2 Å². The van der Waals surface area contributed by atoms with Gasteiger partial charge in [-0.05, 0) is 25.0 Å². The minimum Gasteiger partial charge on any atom is -0.394 e. The molecule has 0 aromatic carbocycles. The van der Waals surface area contributed by atoms with Crippen molar-refractivity contribution in [3.63, 3.8) is 0 Å². The molecule has 1 amide bonds. The molecule has 17 heavy (non-hydrogen) atoms. The molecule has 0 saturated heterocycles. The van der Waals surface area contributed by atoms with Gasteiger partial charge in [-0.25, -0.2) is 4.98 Å². The lowest BCUT2D eigenvalue weighted by Crippen LogP contribution is -2.35. The maximum atomic E-state index is 11.8. The van der Waals surface area contributed by atoms with Gasteiger partial charge in [0, 0.05) is 17.3 Å². The van der Waals surface area contributed by atoms with Crippen LogP contribution in [0, 0.1) is 0 Å². The van der Waals surface area contributed by atoms with E-state index in [4.69, 9.17) is 16.7 Å². The quantitative estimate of drug-likeness (QED) is 0.810. The fraction of sp³-hybridized carbons (Fsp3) is 0.500. The van der Waals surface area contributed by atoms with Crippen molar-refractivity contribution < 1.29 is 9.90 Å². The zero-order valence-electron chi connectivity index (χ0n) is 10.2. The molecule has 1 heterocycles. The Morgan fingerprint density at radius 2 is 2.12 bits per heavy atom. The van der Waals surface area contributed by atoms with Crippen molar-refractivity contribution in [1.29, 1.82) is 0 Å². The molecular weight excluding hydrogens is 240 g/mol. The van der Waals surface area contributed by atoms with E-state index in [1.165, 1.54) is 6.07 Å². The Labute approximate surface area is 106 Å². The van der Waals surface area contributed by atoms with Crippen LogP contribution < -0.4 is 5.32 Å².